The molecule has 1 aromatic heterocycles. The third-order valence-electron chi connectivity index (χ3n) is 3.48. The van der Waals surface area contributed by atoms with Gasteiger partial charge < -0.3 is 4.98 Å². The summed E-state index contributed by atoms with van der Waals surface area (Å²) < 4.78 is 0. The lowest BCUT2D eigenvalue weighted by atomic mass is 10.1. The molecule has 17 heavy (non-hydrogen) atoms. The standard InChI is InChI=1S/C14H15ClN2/c15-13(9-14-16-6-7-17-14)12-8-11(12)10-4-2-1-3-5-10/h1-7,11-13H,8-9H2,(H,16,17). The smallest absolute Gasteiger partial charge is 0.107 e. The Balaban J connectivity index is 1.61. The van der Waals surface area contributed by atoms with E-state index in [1.165, 1.54) is 12.0 Å². The summed E-state index contributed by atoms with van der Waals surface area (Å²) in [5.41, 5.74) is 1.42. The number of hydrogen-bond acceptors (Lipinski definition) is 1. The molecule has 0 aliphatic heterocycles. The van der Waals surface area contributed by atoms with E-state index >= 15 is 0 Å². The van der Waals surface area contributed by atoms with Gasteiger partial charge in [0, 0.05) is 24.2 Å². The zero-order chi connectivity index (χ0) is 11.7. The number of alkyl halides is 1. The SMILES string of the molecule is ClC(Cc1ncc[nH]1)C1CC1c1ccccc1. The minimum absolute atomic E-state index is 0.186. The van der Waals surface area contributed by atoms with Gasteiger partial charge in [-0.05, 0) is 23.8 Å². The summed E-state index contributed by atoms with van der Waals surface area (Å²) in [7, 11) is 0. The minimum atomic E-state index is 0.186. The third-order valence-corrected chi connectivity index (χ3v) is 3.95. The predicted molar refractivity (Wildman–Crippen MR) is 69.2 cm³/mol. The average Bonchev–Trinajstić information content (AvgIpc) is 3.02. The number of benzene rings is 1. The van der Waals surface area contributed by atoms with E-state index in [0.29, 0.717) is 11.8 Å². The van der Waals surface area contributed by atoms with Gasteiger partial charge in [0.25, 0.3) is 0 Å². The van der Waals surface area contributed by atoms with Crippen molar-refractivity contribution in [2.75, 3.05) is 0 Å². The normalized spacial score (nSPS) is 24.5. The van der Waals surface area contributed by atoms with Gasteiger partial charge in [-0.3, -0.25) is 0 Å². The van der Waals surface area contributed by atoms with Crippen LogP contribution in [-0.2, 0) is 6.42 Å². The Labute approximate surface area is 106 Å². The van der Waals surface area contributed by atoms with Gasteiger partial charge in [-0.15, -0.1) is 11.6 Å². The van der Waals surface area contributed by atoms with Crippen LogP contribution in [0.5, 0.6) is 0 Å². The van der Waals surface area contributed by atoms with Crippen LogP contribution in [0, 0.1) is 5.92 Å². The van der Waals surface area contributed by atoms with Crippen LogP contribution in [0.25, 0.3) is 0 Å². The van der Waals surface area contributed by atoms with Crippen LogP contribution in [0.4, 0.5) is 0 Å². The Morgan fingerprint density at radius 3 is 2.88 bits per heavy atom. The number of imidazole rings is 1. The number of H-pyrrole nitrogens is 1. The van der Waals surface area contributed by atoms with Gasteiger partial charge in [-0.25, -0.2) is 4.98 Å². The van der Waals surface area contributed by atoms with Crippen molar-refractivity contribution in [1.82, 2.24) is 9.97 Å². The fourth-order valence-corrected chi connectivity index (χ4v) is 2.87. The average molecular weight is 247 g/mol. The van der Waals surface area contributed by atoms with Crippen LogP contribution in [-0.4, -0.2) is 15.3 Å². The van der Waals surface area contributed by atoms with E-state index in [4.69, 9.17) is 11.6 Å². The quantitative estimate of drug-likeness (QED) is 0.824. The number of halogens is 1. The van der Waals surface area contributed by atoms with Crippen molar-refractivity contribution in [3.8, 4) is 0 Å². The Morgan fingerprint density at radius 2 is 2.18 bits per heavy atom. The Hall–Kier alpha value is -1.28. The molecule has 3 unspecified atom stereocenters. The van der Waals surface area contributed by atoms with E-state index in [2.05, 4.69) is 40.3 Å². The van der Waals surface area contributed by atoms with E-state index in [0.717, 1.165) is 12.2 Å². The van der Waals surface area contributed by atoms with Crippen molar-refractivity contribution in [2.24, 2.45) is 5.92 Å². The second-order valence-corrected chi connectivity index (χ2v) is 5.23. The van der Waals surface area contributed by atoms with Gasteiger partial charge in [0.05, 0.1) is 0 Å². The Bertz CT molecular complexity index is 466. The topological polar surface area (TPSA) is 28.7 Å². The summed E-state index contributed by atoms with van der Waals surface area (Å²) in [6.45, 7) is 0. The van der Waals surface area contributed by atoms with Crippen LogP contribution < -0.4 is 0 Å². The fraction of sp³-hybridized carbons (Fsp3) is 0.357. The van der Waals surface area contributed by atoms with Crippen LogP contribution in [0.2, 0.25) is 0 Å². The molecule has 3 rings (SSSR count). The molecule has 1 aromatic carbocycles. The van der Waals surface area contributed by atoms with Crippen LogP contribution in [0.15, 0.2) is 42.7 Å². The third kappa shape index (κ3) is 2.37. The van der Waals surface area contributed by atoms with Gasteiger partial charge in [0.2, 0.25) is 0 Å². The molecule has 3 heteroatoms. The molecule has 0 radical (unpaired) electrons. The highest BCUT2D eigenvalue weighted by atomic mass is 35.5. The van der Waals surface area contributed by atoms with Gasteiger partial charge in [-0.2, -0.15) is 0 Å². The van der Waals surface area contributed by atoms with Crippen molar-refractivity contribution in [3.63, 3.8) is 0 Å². The summed E-state index contributed by atoms with van der Waals surface area (Å²) in [6.07, 6.45) is 5.67. The zero-order valence-electron chi connectivity index (χ0n) is 9.51. The van der Waals surface area contributed by atoms with Crippen molar-refractivity contribution in [1.29, 1.82) is 0 Å². The first-order valence-corrected chi connectivity index (χ1v) is 6.45. The summed E-state index contributed by atoms with van der Waals surface area (Å²) in [5.74, 6) is 2.24. The number of aromatic amines is 1. The lowest BCUT2D eigenvalue weighted by Gasteiger charge is -2.07. The molecule has 2 aromatic rings. The minimum Gasteiger partial charge on any atom is -0.349 e. The molecule has 3 atom stereocenters. The fourth-order valence-electron chi connectivity index (χ4n) is 2.44. The molecule has 1 aliphatic carbocycles. The molecule has 1 aliphatic rings. The maximum atomic E-state index is 6.45. The highest BCUT2D eigenvalue weighted by molar-refractivity contribution is 6.21. The predicted octanol–water partition coefficient (Wildman–Crippen LogP) is 3.36. The van der Waals surface area contributed by atoms with Crippen LogP contribution in [0.1, 0.15) is 23.7 Å². The monoisotopic (exact) mass is 246 g/mol. The number of nitrogens with zero attached hydrogens (tertiary/aromatic N) is 1. The van der Waals surface area contributed by atoms with Crippen LogP contribution in [0.3, 0.4) is 0 Å². The second-order valence-electron chi connectivity index (χ2n) is 4.67. The number of hydrogen-bond donors (Lipinski definition) is 1. The van der Waals surface area contributed by atoms with Gasteiger partial charge >= 0.3 is 0 Å². The second kappa shape index (κ2) is 4.53. The first kappa shape index (κ1) is 10.8. The van der Waals surface area contributed by atoms with Gasteiger partial charge in [0.15, 0.2) is 0 Å². The summed E-state index contributed by atoms with van der Waals surface area (Å²) in [6, 6.07) is 10.6. The first-order chi connectivity index (χ1) is 8.34. The van der Waals surface area contributed by atoms with E-state index in [9.17, 15) is 0 Å². The van der Waals surface area contributed by atoms with E-state index < -0.39 is 0 Å². The van der Waals surface area contributed by atoms with Crippen molar-refractivity contribution in [3.05, 3.63) is 54.1 Å². The van der Waals surface area contributed by atoms with E-state index in [1.807, 2.05) is 6.20 Å². The first-order valence-electron chi connectivity index (χ1n) is 6.02. The van der Waals surface area contributed by atoms with Crippen LogP contribution >= 0.6 is 11.6 Å². The number of aromatic nitrogens is 2. The van der Waals surface area contributed by atoms with Crippen molar-refractivity contribution >= 4 is 11.6 Å². The van der Waals surface area contributed by atoms with Gasteiger partial charge in [0.1, 0.15) is 5.82 Å². The summed E-state index contributed by atoms with van der Waals surface area (Å²) >= 11 is 6.45. The Kier molecular flexibility index (Phi) is 2.89. The molecule has 2 nitrogen and oxygen atoms in total. The number of nitrogens with one attached hydrogen (secondary N) is 1. The molecule has 1 heterocycles. The maximum absolute atomic E-state index is 6.45. The highest BCUT2D eigenvalue weighted by Crippen LogP contribution is 2.51. The molecule has 88 valence electrons. The number of rotatable bonds is 4. The molecule has 1 N–H and O–H groups in total. The zero-order valence-corrected chi connectivity index (χ0v) is 10.3. The summed E-state index contributed by atoms with van der Waals surface area (Å²) in [4.78, 5) is 7.33. The molecule has 0 amide bonds. The van der Waals surface area contributed by atoms with E-state index in [1.54, 1.807) is 6.20 Å². The molecular weight excluding hydrogens is 232 g/mol. The van der Waals surface area contributed by atoms with Crippen molar-refractivity contribution in [2.45, 2.75) is 24.1 Å². The van der Waals surface area contributed by atoms with Crippen molar-refractivity contribution < 1.29 is 0 Å². The molecule has 1 fully saturated rings. The summed E-state index contributed by atoms with van der Waals surface area (Å²) in [5, 5.41) is 0.186. The Morgan fingerprint density at radius 1 is 1.35 bits per heavy atom. The molecular formula is C14H15ClN2. The molecule has 1 saturated carbocycles. The molecule has 0 spiro atoms. The lowest BCUT2D eigenvalue weighted by Crippen LogP contribution is -2.08. The molecule has 0 bridgehead atoms. The lowest BCUT2D eigenvalue weighted by molar-refractivity contribution is 0.694. The largest absolute Gasteiger partial charge is 0.349 e. The van der Waals surface area contributed by atoms with Gasteiger partial charge in [-0.1, -0.05) is 30.3 Å². The maximum Gasteiger partial charge on any atom is 0.107 e. The molecule has 0 saturated heterocycles. The van der Waals surface area contributed by atoms with E-state index in [-0.39, 0.29) is 5.38 Å². The highest BCUT2D eigenvalue weighted by Gasteiger charge is 2.43.